The normalized spacial score (nSPS) is 10.7. The molecular weight excluding hydrogens is 224 g/mol. The van der Waals surface area contributed by atoms with Crippen LogP contribution in [0, 0.1) is 27.7 Å². The van der Waals surface area contributed by atoms with Gasteiger partial charge in [-0.15, -0.1) is 0 Å². The lowest BCUT2D eigenvalue weighted by molar-refractivity contribution is 0.0991. The summed E-state index contributed by atoms with van der Waals surface area (Å²) >= 11 is 0. The van der Waals surface area contributed by atoms with Gasteiger partial charge in [-0.3, -0.25) is 4.79 Å². The monoisotopic (exact) mass is 242 g/mol. The van der Waals surface area contributed by atoms with E-state index in [1.165, 1.54) is 5.56 Å². The van der Waals surface area contributed by atoms with Crippen LogP contribution >= 0.6 is 0 Å². The number of Topliss-reactive ketones (excluding diaryl/α,β-unsaturated/α-hetero) is 1. The van der Waals surface area contributed by atoms with Gasteiger partial charge in [0.25, 0.3) is 0 Å². The van der Waals surface area contributed by atoms with Crippen LogP contribution in [0.5, 0.6) is 0 Å². The number of carbonyl (C=O) groups excluding carboxylic acids is 1. The molecule has 2 nitrogen and oxygen atoms in total. The lowest BCUT2D eigenvalue weighted by Gasteiger charge is -2.02. The van der Waals surface area contributed by atoms with E-state index in [1.54, 1.807) is 0 Å². The predicted molar refractivity (Wildman–Crippen MR) is 72.1 cm³/mol. The fourth-order valence-corrected chi connectivity index (χ4v) is 2.18. The number of ketones is 1. The van der Waals surface area contributed by atoms with Gasteiger partial charge >= 0.3 is 0 Å². The molecule has 0 amide bonds. The van der Waals surface area contributed by atoms with Gasteiger partial charge in [0.15, 0.2) is 5.78 Å². The highest BCUT2D eigenvalue weighted by Crippen LogP contribution is 2.22. The smallest absolute Gasteiger partial charge is 0.171 e. The number of hydrogen-bond acceptors (Lipinski definition) is 2. The minimum absolute atomic E-state index is 0.130. The van der Waals surface area contributed by atoms with E-state index in [-0.39, 0.29) is 5.78 Å². The molecule has 0 aliphatic heterocycles. The van der Waals surface area contributed by atoms with E-state index in [4.69, 9.17) is 4.42 Å². The second-order valence-corrected chi connectivity index (χ2v) is 4.80. The molecule has 0 aliphatic rings. The summed E-state index contributed by atoms with van der Waals surface area (Å²) in [4.78, 5) is 12.3. The Morgan fingerprint density at radius 1 is 1.00 bits per heavy atom. The fourth-order valence-electron chi connectivity index (χ4n) is 2.18. The summed E-state index contributed by atoms with van der Waals surface area (Å²) in [5.41, 5.74) is 3.96. The molecule has 0 radical (unpaired) electrons. The quantitative estimate of drug-likeness (QED) is 0.763. The molecule has 1 heterocycles. The van der Waals surface area contributed by atoms with Crippen LogP contribution in [0.25, 0.3) is 0 Å². The Morgan fingerprint density at radius 3 is 2.11 bits per heavy atom. The third kappa shape index (κ3) is 2.37. The molecule has 0 saturated heterocycles. The SMILES string of the molecule is Cc1ccc(CC(=O)c2c(C)oc(C)c2C)cc1. The highest BCUT2D eigenvalue weighted by molar-refractivity contribution is 5.99. The van der Waals surface area contributed by atoms with Crippen LogP contribution in [0.4, 0.5) is 0 Å². The second-order valence-electron chi connectivity index (χ2n) is 4.80. The third-order valence-electron chi connectivity index (χ3n) is 3.33. The van der Waals surface area contributed by atoms with Crippen molar-refractivity contribution in [2.45, 2.75) is 34.1 Å². The van der Waals surface area contributed by atoms with Crippen molar-refractivity contribution in [3.63, 3.8) is 0 Å². The molecule has 0 saturated carbocycles. The van der Waals surface area contributed by atoms with Crippen molar-refractivity contribution in [3.8, 4) is 0 Å². The summed E-state index contributed by atoms with van der Waals surface area (Å²) in [6.45, 7) is 7.72. The summed E-state index contributed by atoms with van der Waals surface area (Å²) in [6.07, 6.45) is 0.431. The van der Waals surface area contributed by atoms with Crippen LogP contribution in [0.1, 0.15) is 38.6 Å². The van der Waals surface area contributed by atoms with Crippen LogP contribution in [-0.2, 0) is 6.42 Å². The van der Waals surface area contributed by atoms with E-state index >= 15 is 0 Å². The Bertz CT molecular complexity index is 574. The van der Waals surface area contributed by atoms with Gasteiger partial charge in [0.2, 0.25) is 0 Å². The molecule has 0 atom stereocenters. The minimum atomic E-state index is 0.130. The van der Waals surface area contributed by atoms with Gasteiger partial charge in [-0.1, -0.05) is 29.8 Å². The lowest BCUT2D eigenvalue weighted by atomic mass is 9.99. The predicted octanol–water partition coefficient (Wildman–Crippen LogP) is 3.94. The Hall–Kier alpha value is -1.83. The average molecular weight is 242 g/mol. The Morgan fingerprint density at radius 2 is 1.61 bits per heavy atom. The number of hydrogen-bond donors (Lipinski definition) is 0. The van der Waals surface area contributed by atoms with Gasteiger partial charge in [0.05, 0.1) is 5.56 Å². The minimum Gasteiger partial charge on any atom is -0.466 e. The molecule has 0 aliphatic carbocycles. The van der Waals surface area contributed by atoms with Gasteiger partial charge in [-0.05, 0) is 33.3 Å². The van der Waals surface area contributed by atoms with Crippen molar-refractivity contribution in [3.05, 3.63) is 58.0 Å². The highest BCUT2D eigenvalue weighted by Gasteiger charge is 2.18. The Kier molecular flexibility index (Phi) is 3.37. The first-order valence-electron chi connectivity index (χ1n) is 6.14. The largest absolute Gasteiger partial charge is 0.466 e. The van der Waals surface area contributed by atoms with Crippen LogP contribution in [0.2, 0.25) is 0 Å². The zero-order valence-electron chi connectivity index (χ0n) is 11.3. The van der Waals surface area contributed by atoms with Crippen molar-refractivity contribution in [1.82, 2.24) is 0 Å². The Balaban J connectivity index is 2.24. The van der Waals surface area contributed by atoms with Crippen molar-refractivity contribution in [2.75, 3.05) is 0 Å². The van der Waals surface area contributed by atoms with Crippen molar-refractivity contribution in [1.29, 1.82) is 0 Å². The van der Waals surface area contributed by atoms with E-state index in [1.807, 2.05) is 52.0 Å². The van der Waals surface area contributed by atoms with Crippen LogP contribution in [0.3, 0.4) is 0 Å². The Labute approximate surface area is 108 Å². The molecule has 1 aromatic carbocycles. The lowest BCUT2D eigenvalue weighted by Crippen LogP contribution is -2.05. The zero-order chi connectivity index (χ0) is 13.3. The molecule has 0 N–H and O–H groups in total. The molecule has 1 aromatic heterocycles. The number of rotatable bonds is 3. The maximum atomic E-state index is 12.3. The number of benzene rings is 1. The van der Waals surface area contributed by atoms with Gasteiger partial charge < -0.3 is 4.42 Å². The van der Waals surface area contributed by atoms with E-state index in [0.717, 1.165) is 28.2 Å². The molecule has 0 unspecified atom stereocenters. The molecule has 0 fully saturated rings. The van der Waals surface area contributed by atoms with Crippen molar-refractivity contribution in [2.24, 2.45) is 0 Å². The first kappa shape index (κ1) is 12.6. The van der Waals surface area contributed by atoms with E-state index < -0.39 is 0 Å². The molecular formula is C16H18O2. The summed E-state index contributed by atoms with van der Waals surface area (Å²) < 4.78 is 5.50. The maximum absolute atomic E-state index is 12.3. The molecule has 2 heteroatoms. The zero-order valence-corrected chi connectivity index (χ0v) is 11.3. The van der Waals surface area contributed by atoms with Crippen LogP contribution in [-0.4, -0.2) is 5.78 Å². The van der Waals surface area contributed by atoms with Crippen LogP contribution < -0.4 is 0 Å². The van der Waals surface area contributed by atoms with E-state index in [0.29, 0.717) is 6.42 Å². The summed E-state index contributed by atoms with van der Waals surface area (Å²) in [5, 5.41) is 0. The number of furan rings is 1. The molecule has 94 valence electrons. The molecule has 0 spiro atoms. The topological polar surface area (TPSA) is 30.2 Å². The van der Waals surface area contributed by atoms with Gasteiger partial charge in [0, 0.05) is 12.0 Å². The van der Waals surface area contributed by atoms with E-state index in [2.05, 4.69) is 0 Å². The first-order chi connectivity index (χ1) is 8.49. The first-order valence-corrected chi connectivity index (χ1v) is 6.14. The van der Waals surface area contributed by atoms with Gasteiger partial charge in [-0.2, -0.15) is 0 Å². The average Bonchev–Trinajstić information content (AvgIpc) is 2.56. The van der Waals surface area contributed by atoms with Gasteiger partial charge in [-0.25, -0.2) is 0 Å². The molecule has 2 rings (SSSR count). The molecule has 2 aromatic rings. The number of carbonyl (C=O) groups is 1. The number of aryl methyl sites for hydroxylation is 3. The summed E-state index contributed by atoms with van der Waals surface area (Å²) in [5.74, 6) is 1.69. The van der Waals surface area contributed by atoms with Gasteiger partial charge in [0.1, 0.15) is 11.5 Å². The third-order valence-corrected chi connectivity index (χ3v) is 3.33. The fraction of sp³-hybridized carbons (Fsp3) is 0.312. The van der Waals surface area contributed by atoms with Crippen molar-refractivity contribution >= 4 is 5.78 Å². The second kappa shape index (κ2) is 4.81. The molecule has 18 heavy (non-hydrogen) atoms. The summed E-state index contributed by atoms with van der Waals surface area (Å²) in [7, 11) is 0. The maximum Gasteiger partial charge on any atom is 0.171 e. The van der Waals surface area contributed by atoms with Crippen molar-refractivity contribution < 1.29 is 9.21 Å². The van der Waals surface area contributed by atoms with Crippen LogP contribution in [0.15, 0.2) is 28.7 Å². The summed E-state index contributed by atoms with van der Waals surface area (Å²) in [6, 6.07) is 8.07. The molecule has 0 bridgehead atoms. The standard InChI is InChI=1S/C16H18O2/c1-10-5-7-14(8-6-10)9-15(17)16-11(2)12(3)18-13(16)4/h5-8H,9H2,1-4H3. The highest BCUT2D eigenvalue weighted by atomic mass is 16.3. The van der Waals surface area contributed by atoms with E-state index in [9.17, 15) is 4.79 Å².